The highest BCUT2D eigenvalue weighted by Crippen LogP contribution is 2.22. The standard InChI is InChI=1S/C14H18BrN3/c1-11(13-5-3-4-6-14(13)15)16-9-7-12-8-10-17-18(12)2/h3-6,8,10-11,16H,7,9H2,1-2H3/t11-/m1/s1. The second-order valence-electron chi connectivity index (χ2n) is 4.39. The monoisotopic (exact) mass is 307 g/mol. The average Bonchev–Trinajstić information content (AvgIpc) is 2.75. The highest BCUT2D eigenvalue weighted by Gasteiger charge is 2.08. The van der Waals surface area contributed by atoms with Crippen LogP contribution >= 0.6 is 15.9 Å². The van der Waals surface area contributed by atoms with E-state index in [0.29, 0.717) is 6.04 Å². The van der Waals surface area contributed by atoms with Crippen molar-refractivity contribution in [3.63, 3.8) is 0 Å². The third-order valence-electron chi connectivity index (χ3n) is 3.13. The van der Waals surface area contributed by atoms with Gasteiger partial charge in [0, 0.05) is 42.4 Å². The zero-order valence-corrected chi connectivity index (χ0v) is 12.3. The molecule has 1 atom stereocenters. The number of rotatable bonds is 5. The number of hydrogen-bond acceptors (Lipinski definition) is 2. The van der Waals surface area contributed by atoms with Crippen molar-refractivity contribution in [1.82, 2.24) is 15.1 Å². The lowest BCUT2D eigenvalue weighted by atomic mass is 10.1. The number of benzene rings is 1. The van der Waals surface area contributed by atoms with Crippen molar-refractivity contribution in [2.24, 2.45) is 7.05 Å². The Hall–Kier alpha value is -1.13. The zero-order chi connectivity index (χ0) is 13.0. The molecular weight excluding hydrogens is 290 g/mol. The third kappa shape index (κ3) is 3.21. The number of halogens is 1. The Kier molecular flexibility index (Phi) is 4.55. The summed E-state index contributed by atoms with van der Waals surface area (Å²) in [5.41, 5.74) is 2.55. The summed E-state index contributed by atoms with van der Waals surface area (Å²) in [6, 6.07) is 10.7. The summed E-state index contributed by atoms with van der Waals surface area (Å²) >= 11 is 3.59. The molecule has 1 aromatic carbocycles. The van der Waals surface area contributed by atoms with E-state index in [9.17, 15) is 0 Å². The van der Waals surface area contributed by atoms with Gasteiger partial charge in [-0.3, -0.25) is 4.68 Å². The molecule has 0 spiro atoms. The number of nitrogens with zero attached hydrogens (tertiary/aromatic N) is 2. The fourth-order valence-electron chi connectivity index (χ4n) is 2.00. The fourth-order valence-corrected chi connectivity index (χ4v) is 2.63. The Labute approximate surface area is 116 Å². The SMILES string of the molecule is C[C@@H](NCCc1ccnn1C)c1ccccc1Br. The van der Waals surface area contributed by atoms with Gasteiger partial charge in [-0.25, -0.2) is 0 Å². The smallest absolute Gasteiger partial charge is 0.0492 e. The van der Waals surface area contributed by atoms with E-state index >= 15 is 0 Å². The average molecular weight is 308 g/mol. The summed E-state index contributed by atoms with van der Waals surface area (Å²) in [6.07, 6.45) is 2.83. The van der Waals surface area contributed by atoms with Crippen LogP contribution in [0.4, 0.5) is 0 Å². The normalized spacial score (nSPS) is 12.6. The van der Waals surface area contributed by atoms with E-state index in [2.05, 4.69) is 57.5 Å². The van der Waals surface area contributed by atoms with Crippen LogP contribution in [0.2, 0.25) is 0 Å². The molecule has 0 radical (unpaired) electrons. The van der Waals surface area contributed by atoms with Crippen LogP contribution in [-0.2, 0) is 13.5 Å². The van der Waals surface area contributed by atoms with Gasteiger partial charge in [-0.2, -0.15) is 5.10 Å². The Bertz CT molecular complexity index is 507. The number of aryl methyl sites for hydroxylation is 1. The molecule has 2 rings (SSSR count). The Morgan fingerprint density at radius 1 is 1.33 bits per heavy atom. The fraction of sp³-hybridized carbons (Fsp3) is 0.357. The van der Waals surface area contributed by atoms with E-state index in [0.717, 1.165) is 17.4 Å². The Morgan fingerprint density at radius 2 is 2.11 bits per heavy atom. The van der Waals surface area contributed by atoms with Crippen molar-refractivity contribution in [3.8, 4) is 0 Å². The highest BCUT2D eigenvalue weighted by atomic mass is 79.9. The first-order valence-electron chi connectivity index (χ1n) is 6.13. The Morgan fingerprint density at radius 3 is 2.78 bits per heavy atom. The van der Waals surface area contributed by atoms with E-state index in [1.807, 2.05) is 24.0 Å². The predicted octanol–water partition coefficient (Wildman–Crippen LogP) is 3.08. The van der Waals surface area contributed by atoms with E-state index < -0.39 is 0 Å². The molecule has 0 aliphatic heterocycles. The first-order chi connectivity index (χ1) is 8.68. The molecular formula is C14H18BrN3. The topological polar surface area (TPSA) is 29.9 Å². The van der Waals surface area contributed by atoms with Crippen molar-refractivity contribution in [2.75, 3.05) is 6.54 Å². The molecule has 1 aromatic heterocycles. The van der Waals surface area contributed by atoms with E-state index in [1.165, 1.54) is 11.3 Å². The third-order valence-corrected chi connectivity index (χ3v) is 3.85. The summed E-state index contributed by atoms with van der Waals surface area (Å²) in [6.45, 7) is 3.13. The molecule has 18 heavy (non-hydrogen) atoms. The van der Waals surface area contributed by atoms with Crippen molar-refractivity contribution >= 4 is 15.9 Å². The summed E-state index contributed by atoms with van der Waals surface area (Å²) in [7, 11) is 1.98. The maximum atomic E-state index is 4.17. The number of hydrogen-bond donors (Lipinski definition) is 1. The second-order valence-corrected chi connectivity index (χ2v) is 5.25. The second kappa shape index (κ2) is 6.16. The van der Waals surface area contributed by atoms with Crippen LogP contribution in [0.3, 0.4) is 0 Å². The molecule has 3 nitrogen and oxygen atoms in total. The largest absolute Gasteiger partial charge is 0.310 e. The molecule has 4 heteroatoms. The van der Waals surface area contributed by atoms with Gasteiger partial charge in [0.1, 0.15) is 0 Å². The van der Waals surface area contributed by atoms with Crippen LogP contribution in [0.5, 0.6) is 0 Å². The molecule has 96 valence electrons. The molecule has 0 aliphatic carbocycles. The molecule has 0 bridgehead atoms. The van der Waals surface area contributed by atoms with Crippen LogP contribution in [0, 0.1) is 0 Å². The molecule has 0 amide bonds. The first kappa shape index (κ1) is 13.3. The van der Waals surface area contributed by atoms with Gasteiger partial charge in [0.2, 0.25) is 0 Å². The van der Waals surface area contributed by atoms with Gasteiger partial charge in [-0.05, 0) is 24.6 Å². The lowest BCUT2D eigenvalue weighted by molar-refractivity contribution is 0.562. The predicted molar refractivity (Wildman–Crippen MR) is 77.5 cm³/mol. The van der Waals surface area contributed by atoms with Crippen LogP contribution in [0.1, 0.15) is 24.2 Å². The lowest BCUT2D eigenvalue weighted by Gasteiger charge is -2.15. The molecule has 0 fully saturated rings. The van der Waals surface area contributed by atoms with Gasteiger partial charge in [0.15, 0.2) is 0 Å². The van der Waals surface area contributed by atoms with Crippen molar-refractivity contribution in [1.29, 1.82) is 0 Å². The molecule has 2 aromatic rings. The van der Waals surface area contributed by atoms with Crippen LogP contribution < -0.4 is 5.32 Å². The van der Waals surface area contributed by atoms with Crippen molar-refractivity contribution in [3.05, 3.63) is 52.3 Å². The van der Waals surface area contributed by atoms with Gasteiger partial charge in [0.05, 0.1) is 0 Å². The van der Waals surface area contributed by atoms with E-state index in [4.69, 9.17) is 0 Å². The highest BCUT2D eigenvalue weighted by molar-refractivity contribution is 9.10. The van der Waals surface area contributed by atoms with Gasteiger partial charge < -0.3 is 5.32 Å². The molecule has 0 aliphatic rings. The van der Waals surface area contributed by atoms with Gasteiger partial charge in [-0.1, -0.05) is 34.1 Å². The van der Waals surface area contributed by atoms with Crippen LogP contribution in [0.25, 0.3) is 0 Å². The summed E-state index contributed by atoms with van der Waals surface area (Å²) in [5, 5.41) is 7.70. The molecule has 1 heterocycles. The molecule has 0 saturated heterocycles. The minimum atomic E-state index is 0.341. The number of nitrogens with one attached hydrogen (secondary N) is 1. The summed E-state index contributed by atoms with van der Waals surface area (Å²) in [5.74, 6) is 0. The van der Waals surface area contributed by atoms with Gasteiger partial charge in [-0.15, -0.1) is 0 Å². The van der Waals surface area contributed by atoms with E-state index in [-0.39, 0.29) is 0 Å². The van der Waals surface area contributed by atoms with Gasteiger partial charge in [0.25, 0.3) is 0 Å². The van der Waals surface area contributed by atoms with E-state index in [1.54, 1.807) is 0 Å². The first-order valence-corrected chi connectivity index (χ1v) is 6.92. The quantitative estimate of drug-likeness (QED) is 0.920. The minimum Gasteiger partial charge on any atom is -0.310 e. The lowest BCUT2D eigenvalue weighted by Crippen LogP contribution is -2.22. The maximum absolute atomic E-state index is 4.17. The molecule has 0 unspecified atom stereocenters. The number of aromatic nitrogens is 2. The van der Waals surface area contributed by atoms with Crippen LogP contribution in [-0.4, -0.2) is 16.3 Å². The van der Waals surface area contributed by atoms with Crippen molar-refractivity contribution in [2.45, 2.75) is 19.4 Å². The summed E-state index contributed by atoms with van der Waals surface area (Å²) < 4.78 is 3.08. The summed E-state index contributed by atoms with van der Waals surface area (Å²) in [4.78, 5) is 0. The minimum absolute atomic E-state index is 0.341. The van der Waals surface area contributed by atoms with Crippen LogP contribution in [0.15, 0.2) is 41.0 Å². The zero-order valence-electron chi connectivity index (χ0n) is 10.7. The van der Waals surface area contributed by atoms with Gasteiger partial charge >= 0.3 is 0 Å². The molecule has 1 N–H and O–H groups in total. The maximum Gasteiger partial charge on any atom is 0.0492 e. The van der Waals surface area contributed by atoms with Crippen molar-refractivity contribution < 1.29 is 0 Å². The Balaban J connectivity index is 1.87. The molecule has 0 saturated carbocycles.